The van der Waals surface area contributed by atoms with Gasteiger partial charge in [0.05, 0.1) is 6.33 Å². The molecule has 4 aromatic rings. The van der Waals surface area contributed by atoms with E-state index in [1.807, 2.05) is 18.3 Å². The average Bonchev–Trinajstić information content (AvgIpc) is 3.34. The molecule has 3 aromatic heterocycles. The van der Waals surface area contributed by atoms with Gasteiger partial charge in [0.15, 0.2) is 11.2 Å². The summed E-state index contributed by atoms with van der Waals surface area (Å²) in [5, 5.41) is 11.9. The van der Waals surface area contributed by atoms with Gasteiger partial charge in [0.1, 0.15) is 6.23 Å². The fourth-order valence-corrected chi connectivity index (χ4v) is 3.77. The van der Waals surface area contributed by atoms with E-state index in [4.69, 9.17) is 5.73 Å². The van der Waals surface area contributed by atoms with Gasteiger partial charge in [-0.3, -0.25) is 18.5 Å². The Hall–Kier alpha value is -3.17. The van der Waals surface area contributed by atoms with Gasteiger partial charge in [-0.05, 0) is 49.1 Å². The van der Waals surface area contributed by atoms with Crippen molar-refractivity contribution in [2.45, 2.75) is 25.5 Å². The van der Waals surface area contributed by atoms with Gasteiger partial charge in [-0.15, -0.1) is 0 Å². The second kappa shape index (κ2) is 7.34. The molecule has 4 rings (SSSR count). The van der Waals surface area contributed by atoms with Crippen LogP contribution in [0, 0.1) is 0 Å². The highest BCUT2D eigenvalue weighted by Crippen LogP contribution is 2.23. The number of aromatic amines is 1. The molecule has 4 N–H and O–H groups in total. The maximum absolute atomic E-state index is 12.5. The summed E-state index contributed by atoms with van der Waals surface area (Å²) in [5.74, 6) is 0. The number of aliphatic hydroxyl groups is 1. The third kappa shape index (κ3) is 3.18. The number of aliphatic hydroxyl groups excluding tert-OH is 1. The largest absolute Gasteiger partial charge is 0.373 e. The molecule has 1 atom stereocenters. The van der Waals surface area contributed by atoms with Crippen LogP contribution >= 0.6 is 0 Å². The van der Waals surface area contributed by atoms with Crippen LogP contribution in [-0.2, 0) is 26.9 Å². The monoisotopic (exact) mass is 396 g/mol. The maximum Gasteiger partial charge on any atom is 0.332 e. The SMILES string of the molecule is Cn1c(=O)c2c(ncn2C(O)CCc2ccc3[nH]cc(CCN)c3c2)n(C)c1=O. The molecule has 29 heavy (non-hydrogen) atoms. The summed E-state index contributed by atoms with van der Waals surface area (Å²) in [5.41, 5.74) is 8.56. The van der Waals surface area contributed by atoms with Crippen molar-refractivity contribution in [2.75, 3.05) is 6.54 Å². The Morgan fingerprint density at radius 2 is 2.00 bits per heavy atom. The number of nitrogens with one attached hydrogen (secondary N) is 1. The molecule has 0 spiro atoms. The first-order valence-corrected chi connectivity index (χ1v) is 9.52. The van der Waals surface area contributed by atoms with Crippen molar-refractivity contribution in [3.05, 3.63) is 62.7 Å². The number of benzene rings is 1. The van der Waals surface area contributed by atoms with Gasteiger partial charge in [-0.1, -0.05) is 6.07 Å². The Bertz CT molecular complexity index is 1310. The fraction of sp³-hybridized carbons (Fsp3) is 0.350. The molecule has 0 fully saturated rings. The molecule has 1 unspecified atom stereocenters. The smallest absolute Gasteiger partial charge is 0.332 e. The number of hydrogen-bond acceptors (Lipinski definition) is 5. The zero-order chi connectivity index (χ0) is 20.7. The molecule has 0 radical (unpaired) electrons. The third-order valence-corrected chi connectivity index (χ3v) is 5.43. The van der Waals surface area contributed by atoms with Crippen LogP contribution in [0.15, 0.2) is 40.3 Å². The number of fused-ring (bicyclic) bond motifs is 2. The first kappa shape index (κ1) is 19.2. The van der Waals surface area contributed by atoms with Crippen molar-refractivity contribution in [1.29, 1.82) is 0 Å². The quantitative estimate of drug-likeness (QED) is 0.439. The van der Waals surface area contributed by atoms with Gasteiger partial charge >= 0.3 is 5.69 Å². The highest BCUT2D eigenvalue weighted by molar-refractivity contribution is 5.84. The molecule has 9 nitrogen and oxygen atoms in total. The topological polar surface area (TPSA) is 124 Å². The van der Waals surface area contributed by atoms with Gasteiger partial charge in [0.25, 0.3) is 5.56 Å². The molecule has 0 aliphatic rings. The van der Waals surface area contributed by atoms with Crippen LogP contribution in [-0.4, -0.2) is 35.3 Å². The van der Waals surface area contributed by atoms with E-state index in [2.05, 4.69) is 16.0 Å². The Morgan fingerprint density at radius 1 is 1.21 bits per heavy atom. The number of rotatable bonds is 6. The predicted molar refractivity (Wildman–Crippen MR) is 111 cm³/mol. The maximum atomic E-state index is 12.5. The van der Waals surface area contributed by atoms with Crippen molar-refractivity contribution >= 4 is 22.1 Å². The lowest BCUT2D eigenvalue weighted by atomic mass is 10.0. The van der Waals surface area contributed by atoms with Gasteiger partial charge in [-0.25, -0.2) is 9.78 Å². The fourth-order valence-electron chi connectivity index (χ4n) is 3.77. The van der Waals surface area contributed by atoms with E-state index >= 15 is 0 Å². The van der Waals surface area contributed by atoms with Crippen molar-refractivity contribution in [3.63, 3.8) is 0 Å². The van der Waals surface area contributed by atoms with E-state index in [0.717, 1.165) is 27.5 Å². The first-order chi connectivity index (χ1) is 13.9. The molecule has 1 aromatic carbocycles. The zero-order valence-corrected chi connectivity index (χ0v) is 16.4. The highest BCUT2D eigenvalue weighted by atomic mass is 16.3. The van der Waals surface area contributed by atoms with E-state index in [1.54, 1.807) is 7.05 Å². The van der Waals surface area contributed by atoms with Crippen LogP contribution in [0.25, 0.3) is 22.1 Å². The number of aryl methyl sites for hydroxylation is 2. The molecule has 0 aliphatic heterocycles. The molecule has 0 saturated heterocycles. The Labute approximate surface area is 166 Å². The normalized spacial score (nSPS) is 12.8. The van der Waals surface area contributed by atoms with Crippen LogP contribution in [0.4, 0.5) is 0 Å². The van der Waals surface area contributed by atoms with E-state index < -0.39 is 17.5 Å². The summed E-state index contributed by atoms with van der Waals surface area (Å²) in [4.78, 5) is 32.0. The van der Waals surface area contributed by atoms with Gasteiger partial charge < -0.3 is 15.8 Å². The number of nitrogens with zero attached hydrogens (tertiary/aromatic N) is 4. The lowest BCUT2D eigenvalue weighted by molar-refractivity contribution is 0.0986. The van der Waals surface area contributed by atoms with E-state index in [9.17, 15) is 14.7 Å². The average molecular weight is 396 g/mol. The Morgan fingerprint density at radius 3 is 2.76 bits per heavy atom. The zero-order valence-electron chi connectivity index (χ0n) is 16.4. The Balaban J connectivity index is 1.61. The second-order valence-corrected chi connectivity index (χ2v) is 7.28. The van der Waals surface area contributed by atoms with Gasteiger partial charge in [0, 0.05) is 31.2 Å². The lowest BCUT2D eigenvalue weighted by Gasteiger charge is -2.14. The van der Waals surface area contributed by atoms with Crippen LogP contribution in [0.5, 0.6) is 0 Å². The number of nitrogens with two attached hydrogens (primary N) is 1. The number of H-pyrrole nitrogens is 1. The van der Waals surface area contributed by atoms with Crippen molar-refractivity contribution < 1.29 is 5.11 Å². The van der Waals surface area contributed by atoms with Crippen LogP contribution in [0.1, 0.15) is 23.8 Å². The van der Waals surface area contributed by atoms with Gasteiger partial charge in [0.2, 0.25) is 0 Å². The van der Waals surface area contributed by atoms with Crippen LogP contribution < -0.4 is 17.0 Å². The van der Waals surface area contributed by atoms with Crippen molar-refractivity contribution in [2.24, 2.45) is 19.8 Å². The number of imidazole rings is 1. The molecular weight excluding hydrogens is 372 g/mol. The van der Waals surface area contributed by atoms with Crippen LogP contribution in [0.3, 0.4) is 0 Å². The minimum absolute atomic E-state index is 0.216. The summed E-state index contributed by atoms with van der Waals surface area (Å²) in [6, 6.07) is 6.15. The van der Waals surface area contributed by atoms with Crippen LogP contribution in [0.2, 0.25) is 0 Å². The Kier molecular flexibility index (Phi) is 4.85. The number of aromatic nitrogens is 5. The predicted octanol–water partition coefficient (Wildman–Crippen LogP) is 0.540. The molecule has 0 saturated carbocycles. The molecule has 9 heteroatoms. The summed E-state index contributed by atoms with van der Waals surface area (Å²) >= 11 is 0. The van der Waals surface area contributed by atoms with E-state index in [-0.39, 0.29) is 11.2 Å². The van der Waals surface area contributed by atoms with E-state index in [0.29, 0.717) is 19.4 Å². The van der Waals surface area contributed by atoms with Crippen molar-refractivity contribution in [1.82, 2.24) is 23.7 Å². The number of hydrogen-bond donors (Lipinski definition) is 3. The third-order valence-electron chi connectivity index (χ3n) is 5.43. The lowest BCUT2D eigenvalue weighted by Crippen LogP contribution is -2.37. The van der Waals surface area contributed by atoms with E-state index in [1.165, 1.54) is 28.1 Å². The molecular formula is C20H24N6O3. The first-order valence-electron chi connectivity index (χ1n) is 9.52. The molecule has 0 bridgehead atoms. The molecule has 0 aliphatic carbocycles. The summed E-state index contributed by atoms with van der Waals surface area (Å²) < 4.78 is 3.76. The second-order valence-electron chi connectivity index (χ2n) is 7.28. The minimum atomic E-state index is -0.935. The molecule has 0 amide bonds. The van der Waals surface area contributed by atoms with Crippen molar-refractivity contribution in [3.8, 4) is 0 Å². The van der Waals surface area contributed by atoms with Gasteiger partial charge in [-0.2, -0.15) is 0 Å². The molecule has 152 valence electrons. The summed E-state index contributed by atoms with van der Waals surface area (Å²) in [6.45, 7) is 0.584. The minimum Gasteiger partial charge on any atom is -0.373 e. The standard InChI is InChI=1S/C20H24N6O3/c1-24-18-17(19(28)25(2)20(24)29)26(11-23-18)16(27)6-4-12-3-5-15-14(9-12)13(7-8-21)10-22-15/h3,5,9-11,16,22,27H,4,6-8,21H2,1-2H3. The molecule has 3 heterocycles. The summed E-state index contributed by atoms with van der Waals surface area (Å²) in [6.07, 6.45) is 4.28. The highest BCUT2D eigenvalue weighted by Gasteiger charge is 2.18. The summed E-state index contributed by atoms with van der Waals surface area (Å²) in [7, 11) is 2.97.